The summed E-state index contributed by atoms with van der Waals surface area (Å²) in [6, 6.07) is 13.6. The highest BCUT2D eigenvalue weighted by molar-refractivity contribution is 5.92. The average molecular weight is 352 g/mol. The summed E-state index contributed by atoms with van der Waals surface area (Å²) in [5.74, 6) is 1.05. The van der Waals surface area contributed by atoms with Gasteiger partial charge in [0.05, 0.1) is 12.2 Å². The minimum absolute atomic E-state index is 0.0901. The van der Waals surface area contributed by atoms with Crippen LogP contribution in [0.2, 0.25) is 0 Å². The van der Waals surface area contributed by atoms with E-state index in [2.05, 4.69) is 24.1 Å². The van der Waals surface area contributed by atoms with E-state index in [-0.39, 0.29) is 5.91 Å². The Kier molecular flexibility index (Phi) is 5.21. The molecule has 0 bridgehead atoms. The molecular formula is C20H24N4O2. The van der Waals surface area contributed by atoms with Crippen LogP contribution in [0, 0.1) is 5.92 Å². The van der Waals surface area contributed by atoms with Crippen molar-refractivity contribution in [2.45, 2.75) is 26.8 Å². The quantitative estimate of drug-likeness (QED) is 0.680. The zero-order chi connectivity index (χ0) is 18.7. The monoisotopic (exact) mass is 352 g/mol. The lowest BCUT2D eigenvalue weighted by atomic mass is 10.1. The Morgan fingerprint density at radius 2 is 1.96 bits per heavy atom. The van der Waals surface area contributed by atoms with Gasteiger partial charge in [0.15, 0.2) is 5.76 Å². The van der Waals surface area contributed by atoms with Crippen molar-refractivity contribution in [3.05, 3.63) is 59.6 Å². The molecule has 6 heteroatoms. The average Bonchev–Trinajstić information content (AvgIpc) is 3.21. The minimum atomic E-state index is -0.0901. The molecule has 0 aliphatic heterocycles. The highest BCUT2D eigenvalue weighted by Crippen LogP contribution is 2.20. The Bertz CT molecular complexity index is 880. The molecule has 0 N–H and O–H groups in total. The number of benzene rings is 1. The molecule has 0 spiro atoms. The Morgan fingerprint density at radius 1 is 1.23 bits per heavy atom. The maximum atomic E-state index is 12.7. The second kappa shape index (κ2) is 7.56. The lowest BCUT2D eigenvalue weighted by Gasteiger charge is -2.14. The summed E-state index contributed by atoms with van der Waals surface area (Å²) in [6.07, 6.45) is 0.855. The van der Waals surface area contributed by atoms with Crippen molar-refractivity contribution >= 4 is 5.91 Å². The van der Waals surface area contributed by atoms with Crippen LogP contribution in [0.15, 0.2) is 47.0 Å². The molecular weight excluding hydrogens is 328 g/mol. The molecule has 0 aliphatic carbocycles. The Labute approximate surface area is 153 Å². The van der Waals surface area contributed by atoms with E-state index in [4.69, 9.17) is 4.52 Å². The molecule has 2 aromatic heterocycles. The van der Waals surface area contributed by atoms with Crippen molar-refractivity contribution in [3.63, 3.8) is 0 Å². The smallest absolute Gasteiger partial charge is 0.272 e. The largest absolute Gasteiger partial charge is 0.359 e. The van der Waals surface area contributed by atoms with E-state index in [1.54, 1.807) is 23.7 Å². The van der Waals surface area contributed by atoms with E-state index in [9.17, 15) is 4.79 Å². The summed E-state index contributed by atoms with van der Waals surface area (Å²) in [6.45, 7) is 4.62. The van der Waals surface area contributed by atoms with E-state index in [1.165, 1.54) is 0 Å². The van der Waals surface area contributed by atoms with Crippen LogP contribution in [0.4, 0.5) is 0 Å². The van der Waals surface area contributed by atoms with E-state index < -0.39 is 0 Å². The van der Waals surface area contributed by atoms with Gasteiger partial charge in [-0.3, -0.25) is 9.48 Å². The molecule has 1 amide bonds. The standard InChI is InChI=1S/C20H24N4O2/c1-14(2)10-16-11-19(24(4)21-16)20(25)23(3)13-17-12-18(22-26-17)15-8-6-5-7-9-15/h5-9,11-12,14H,10,13H2,1-4H3. The summed E-state index contributed by atoms with van der Waals surface area (Å²) in [7, 11) is 3.55. The van der Waals surface area contributed by atoms with Crippen LogP contribution in [-0.4, -0.2) is 32.8 Å². The number of rotatable bonds is 6. The van der Waals surface area contributed by atoms with Gasteiger partial charge in [-0.15, -0.1) is 0 Å². The first-order chi connectivity index (χ1) is 12.4. The molecule has 0 fully saturated rings. The van der Waals surface area contributed by atoms with Gasteiger partial charge >= 0.3 is 0 Å². The Balaban J connectivity index is 1.70. The van der Waals surface area contributed by atoms with E-state index in [0.29, 0.717) is 23.9 Å². The third kappa shape index (κ3) is 4.02. The SMILES string of the molecule is CC(C)Cc1cc(C(=O)N(C)Cc2cc(-c3ccccc3)no2)n(C)n1. The molecule has 0 unspecified atom stereocenters. The van der Waals surface area contributed by atoms with Gasteiger partial charge in [-0.25, -0.2) is 0 Å². The fourth-order valence-electron chi connectivity index (χ4n) is 2.88. The number of amides is 1. The summed E-state index contributed by atoms with van der Waals surface area (Å²) in [5, 5.41) is 8.53. The Morgan fingerprint density at radius 3 is 2.65 bits per heavy atom. The van der Waals surface area contributed by atoms with Crippen LogP contribution in [0.25, 0.3) is 11.3 Å². The van der Waals surface area contributed by atoms with Gasteiger partial charge in [-0.2, -0.15) is 5.10 Å². The number of aryl methyl sites for hydroxylation is 1. The van der Waals surface area contributed by atoms with Gasteiger partial charge in [0, 0.05) is 25.7 Å². The predicted octanol–water partition coefficient (Wildman–Crippen LogP) is 3.55. The highest BCUT2D eigenvalue weighted by Gasteiger charge is 2.19. The number of carbonyl (C=O) groups excluding carboxylic acids is 1. The lowest BCUT2D eigenvalue weighted by molar-refractivity contribution is 0.0761. The number of hydrogen-bond donors (Lipinski definition) is 0. The van der Waals surface area contributed by atoms with Crippen molar-refractivity contribution in [2.75, 3.05) is 7.05 Å². The van der Waals surface area contributed by atoms with Gasteiger partial charge in [0.2, 0.25) is 0 Å². The summed E-state index contributed by atoms with van der Waals surface area (Å²) in [4.78, 5) is 14.4. The lowest BCUT2D eigenvalue weighted by Crippen LogP contribution is -2.27. The molecule has 0 atom stereocenters. The molecule has 3 aromatic rings. The fraction of sp³-hybridized carbons (Fsp3) is 0.350. The summed E-state index contributed by atoms with van der Waals surface area (Å²) >= 11 is 0. The molecule has 26 heavy (non-hydrogen) atoms. The number of aromatic nitrogens is 3. The molecule has 2 heterocycles. The fourth-order valence-corrected chi connectivity index (χ4v) is 2.88. The van der Waals surface area contributed by atoms with Gasteiger partial charge < -0.3 is 9.42 Å². The van der Waals surface area contributed by atoms with Crippen LogP contribution in [0.5, 0.6) is 0 Å². The van der Waals surface area contributed by atoms with Crippen LogP contribution in [-0.2, 0) is 20.0 Å². The molecule has 136 valence electrons. The maximum Gasteiger partial charge on any atom is 0.272 e. The van der Waals surface area contributed by atoms with Crippen molar-refractivity contribution in [1.29, 1.82) is 0 Å². The van der Waals surface area contributed by atoms with Gasteiger partial charge in [-0.1, -0.05) is 49.3 Å². The molecule has 0 aliphatic rings. The van der Waals surface area contributed by atoms with Crippen molar-refractivity contribution < 1.29 is 9.32 Å². The van der Waals surface area contributed by atoms with E-state index in [0.717, 1.165) is 23.4 Å². The van der Waals surface area contributed by atoms with E-state index >= 15 is 0 Å². The topological polar surface area (TPSA) is 64.2 Å². The molecule has 3 rings (SSSR count). The number of nitrogens with zero attached hydrogens (tertiary/aromatic N) is 4. The predicted molar refractivity (Wildman–Crippen MR) is 99.5 cm³/mol. The zero-order valence-electron chi connectivity index (χ0n) is 15.6. The highest BCUT2D eigenvalue weighted by atomic mass is 16.5. The van der Waals surface area contributed by atoms with E-state index in [1.807, 2.05) is 42.5 Å². The minimum Gasteiger partial charge on any atom is -0.359 e. The third-order valence-electron chi connectivity index (χ3n) is 4.14. The van der Waals surface area contributed by atoms with Gasteiger partial charge in [0.25, 0.3) is 5.91 Å². The summed E-state index contributed by atoms with van der Waals surface area (Å²) < 4.78 is 7.04. The normalized spacial score (nSPS) is 11.1. The number of hydrogen-bond acceptors (Lipinski definition) is 4. The molecule has 0 radical (unpaired) electrons. The molecule has 1 aromatic carbocycles. The van der Waals surface area contributed by atoms with Crippen LogP contribution in [0.1, 0.15) is 35.8 Å². The van der Waals surface area contributed by atoms with Gasteiger partial charge in [0.1, 0.15) is 11.4 Å². The second-order valence-corrected chi connectivity index (χ2v) is 6.95. The third-order valence-corrected chi connectivity index (χ3v) is 4.14. The summed E-state index contributed by atoms with van der Waals surface area (Å²) in [5.41, 5.74) is 3.26. The van der Waals surface area contributed by atoms with Crippen molar-refractivity contribution in [3.8, 4) is 11.3 Å². The first kappa shape index (κ1) is 17.9. The van der Waals surface area contributed by atoms with Crippen LogP contribution >= 0.6 is 0 Å². The maximum absolute atomic E-state index is 12.7. The Hall–Kier alpha value is -2.89. The van der Waals surface area contributed by atoms with Crippen LogP contribution in [0.3, 0.4) is 0 Å². The number of carbonyl (C=O) groups is 1. The van der Waals surface area contributed by atoms with Crippen molar-refractivity contribution in [1.82, 2.24) is 19.8 Å². The zero-order valence-corrected chi connectivity index (χ0v) is 15.6. The molecule has 6 nitrogen and oxygen atoms in total. The first-order valence-electron chi connectivity index (χ1n) is 8.73. The molecule has 0 saturated heterocycles. The first-order valence-corrected chi connectivity index (χ1v) is 8.73. The van der Waals surface area contributed by atoms with Crippen LogP contribution < -0.4 is 0 Å². The second-order valence-electron chi connectivity index (χ2n) is 6.95. The van der Waals surface area contributed by atoms with Crippen molar-refractivity contribution in [2.24, 2.45) is 13.0 Å². The van der Waals surface area contributed by atoms with Gasteiger partial charge in [-0.05, 0) is 18.4 Å². The molecule has 0 saturated carbocycles.